The van der Waals surface area contributed by atoms with Crippen molar-refractivity contribution in [3.05, 3.63) is 12.4 Å². The molecule has 1 aromatic heterocycles. The largest absolute Gasteiger partial charge is 0.480 e. The number of carboxylic acid groups (broad SMARTS) is 1. The van der Waals surface area contributed by atoms with Gasteiger partial charge in [0.15, 0.2) is 0 Å². The van der Waals surface area contributed by atoms with Crippen molar-refractivity contribution in [3.63, 3.8) is 0 Å². The first-order valence-electron chi connectivity index (χ1n) is 6.24. The van der Waals surface area contributed by atoms with Gasteiger partial charge in [-0.05, 0) is 18.8 Å². The van der Waals surface area contributed by atoms with E-state index in [1.165, 1.54) is 29.1 Å². The lowest BCUT2D eigenvalue weighted by Crippen LogP contribution is -2.48. The fraction of sp³-hybridized carbons (Fsp3) is 0.545. The maximum atomic E-state index is 12.3. The van der Waals surface area contributed by atoms with E-state index in [-0.39, 0.29) is 11.3 Å². The quantitative estimate of drug-likeness (QED) is 0.842. The molecular weight excluding hydrogens is 282 g/mol. The lowest BCUT2D eigenvalue weighted by Gasteiger charge is -2.26. The predicted molar refractivity (Wildman–Crippen MR) is 71.1 cm³/mol. The molecule has 0 aromatic carbocycles. The zero-order valence-electron chi connectivity index (χ0n) is 10.5. The van der Waals surface area contributed by atoms with Crippen molar-refractivity contribution in [3.8, 4) is 0 Å². The average Bonchev–Trinajstić information content (AvgIpc) is 3.17. The monoisotopic (exact) mass is 295 g/mol. The van der Waals surface area contributed by atoms with Crippen LogP contribution in [0, 0.1) is 5.92 Å². The van der Waals surface area contributed by atoms with Crippen LogP contribution < -0.4 is 5.32 Å². The Bertz CT molecular complexity index is 524. The van der Waals surface area contributed by atoms with Gasteiger partial charge in [0, 0.05) is 5.75 Å². The molecule has 2 N–H and O–H groups in total. The van der Waals surface area contributed by atoms with E-state index in [0.29, 0.717) is 11.7 Å². The molecule has 2 heterocycles. The number of carbonyl (C=O) groups excluding carboxylic acids is 1. The number of aliphatic carboxylic acids is 1. The van der Waals surface area contributed by atoms with E-state index in [0.717, 1.165) is 12.8 Å². The van der Waals surface area contributed by atoms with Gasteiger partial charge in [0.25, 0.3) is 5.95 Å². The summed E-state index contributed by atoms with van der Waals surface area (Å²) in [6.45, 7) is 0. The van der Waals surface area contributed by atoms with E-state index in [1.807, 2.05) is 0 Å². The molecule has 20 heavy (non-hydrogen) atoms. The van der Waals surface area contributed by atoms with E-state index in [9.17, 15) is 14.7 Å². The summed E-state index contributed by atoms with van der Waals surface area (Å²) in [6, 6.07) is -1.28. The zero-order chi connectivity index (χ0) is 14.1. The first-order valence-corrected chi connectivity index (χ1v) is 7.29. The van der Waals surface area contributed by atoms with Gasteiger partial charge >= 0.3 is 12.0 Å². The van der Waals surface area contributed by atoms with Gasteiger partial charge in [-0.25, -0.2) is 14.6 Å². The first kappa shape index (κ1) is 13.1. The number of urea groups is 1. The third kappa shape index (κ3) is 2.53. The van der Waals surface area contributed by atoms with Crippen molar-refractivity contribution in [1.82, 2.24) is 20.1 Å². The molecule has 2 unspecified atom stereocenters. The molecule has 0 bridgehead atoms. The number of carboxylic acids is 1. The Kier molecular flexibility index (Phi) is 3.43. The van der Waals surface area contributed by atoms with E-state index >= 15 is 0 Å². The second kappa shape index (κ2) is 5.23. The number of rotatable bonds is 3. The fourth-order valence-electron chi connectivity index (χ4n) is 2.18. The Hall–Kier alpha value is -1.90. The van der Waals surface area contributed by atoms with Gasteiger partial charge in [-0.15, -0.1) is 16.9 Å². The summed E-state index contributed by atoms with van der Waals surface area (Å²) in [7, 11) is 0. The van der Waals surface area contributed by atoms with Gasteiger partial charge in [-0.2, -0.15) is 5.10 Å². The van der Waals surface area contributed by atoms with Crippen molar-refractivity contribution in [2.24, 2.45) is 5.92 Å². The standard InChI is InChI=1S/C11H13N5O3S/c17-9(18)7-5-20-8(6-1-2-6)16(7)11(19)14-10-12-3-4-13-15-10/h3-4,6-8H,1-2,5H2,(H,17,18)(H,12,14,15,19). The molecule has 1 aromatic rings. The normalized spacial score (nSPS) is 25.5. The Morgan fingerprint density at radius 2 is 2.20 bits per heavy atom. The van der Waals surface area contributed by atoms with Gasteiger partial charge in [-0.1, -0.05) is 0 Å². The maximum Gasteiger partial charge on any atom is 0.327 e. The van der Waals surface area contributed by atoms with Crippen LogP contribution in [0.1, 0.15) is 12.8 Å². The van der Waals surface area contributed by atoms with Gasteiger partial charge in [-0.3, -0.25) is 10.2 Å². The smallest absolute Gasteiger partial charge is 0.327 e. The van der Waals surface area contributed by atoms with Crippen LogP contribution >= 0.6 is 11.8 Å². The summed E-state index contributed by atoms with van der Waals surface area (Å²) >= 11 is 1.52. The van der Waals surface area contributed by atoms with Gasteiger partial charge in [0.1, 0.15) is 6.04 Å². The molecule has 2 amide bonds. The molecule has 0 spiro atoms. The lowest BCUT2D eigenvalue weighted by molar-refractivity contribution is -0.141. The van der Waals surface area contributed by atoms with Gasteiger partial charge in [0.2, 0.25) is 0 Å². The molecule has 1 aliphatic heterocycles. The fourth-order valence-corrected chi connectivity index (χ4v) is 3.81. The summed E-state index contributed by atoms with van der Waals surface area (Å²) in [5, 5.41) is 19.0. The van der Waals surface area contributed by atoms with E-state index in [4.69, 9.17) is 0 Å². The van der Waals surface area contributed by atoms with Crippen LogP contribution in [0.5, 0.6) is 0 Å². The second-order valence-corrected chi connectivity index (χ2v) is 5.87. The predicted octanol–water partition coefficient (Wildman–Crippen LogP) is 0.642. The van der Waals surface area contributed by atoms with Crippen LogP contribution in [0.3, 0.4) is 0 Å². The van der Waals surface area contributed by atoms with Crippen molar-refractivity contribution in [1.29, 1.82) is 0 Å². The minimum Gasteiger partial charge on any atom is -0.480 e. The number of amides is 2. The first-order chi connectivity index (χ1) is 9.66. The number of hydrogen-bond acceptors (Lipinski definition) is 6. The third-order valence-corrected chi connectivity index (χ3v) is 4.74. The molecule has 1 saturated carbocycles. The highest BCUT2D eigenvalue weighted by Crippen LogP contribution is 2.45. The molecule has 2 atom stereocenters. The molecule has 0 radical (unpaired) electrons. The summed E-state index contributed by atoms with van der Waals surface area (Å²) < 4.78 is 0. The summed E-state index contributed by atoms with van der Waals surface area (Å²) in [5.74, 6) is -0.0985. The van der Waals surface area contributed by atoms with Crippen molar-refractivity contribution in [2.45, 2.75) is 24.3 Å². The Morgan fingerprint density at radius 3 is 2.80 bits per heavy atom. The zero-order valence-corrected chi connectivity index (χ0v) is 11.3. The highest BCUT2D eigenvalue weighted by atomic mass is 32.2. The Labute approximate surface area is 119 Å². The van der Waals surface area contributed by atoms with Crippen LogP contribution in [-0.2, 0) is 4.79 Å². The number of carbonyl (C=O) groups is 2. The number of hydrogen-bond donors (Lipinski definition) is 2. The molecule has 8 nitrogen and oxygen atoms in total. The van der Waals surface area contributed by atoms with Crippen LogP contribution in [0.2, 0.25) is 0 Å². The van der Waals surface area contributed by atoms with Gasteiger partial charge in [0.05, 0.1) is 17.8 Å². The molecule has 1 aliphatic carbocycles. The minimum atomic E-state index is -0.983. The molecule has 2 aliphatic rings. The second-order valence-electron chi connectivity index (χ2n) is 4.72. The van der Waals surface area contributed by atoms with Gasteiger partial charge < -0.3 is 5.11 Å². The Morgan fingerprint density at radius 1 is 1.40 bits per heavy atom. The minimum absolute atomic E-state index is 0.0761. The van der Waals surface area contributed by atoms with E-state index < -0.39 is 18.0 Å². The van der Waals surface area contributed by atoms with Crippen molar-refractivity contribution < 1.29 is 14.7 Å². The molecular formula is C11H13N5O3S. The Balaban J connectivity index is 1.76. The summed E-state index contributed by atoms with van der Waals surface area (Å²) in [4.78, 5) is 28.8. The maximum absolute atomic E-state index is 12.3. The summed E-state index contributed by atoms with van der Waals surface area (Å²) in [6.07, 6.45) is 4.89. The third-order valence-electron chi connectivity index (χ3n) is 3.28. The van der Waals surface area contributed by atoms with E-state index in [2.05, 4.69) is 20.5 Å². The molecule has 2 fully saturated rings. The number of anilines is 1. The molecule has 9 heteroatoms. The highest BCUT2D eigenvalue weighted by Gasteiger charge is 2.48. The van der Waals surface area contributed by atoms with Crippen LogP contribution in [0.15, 0.2) is 12.4 Å². The number of aromatic nitrogens is 3. The number of thioether (sulfide) groups is 1. The van der Waals surface area contributed by atoms with Crippen molar-refractivity contribution in [2.75, 3.05) is 11.1 Å². The van der Waals surface area contributed by atoms with Crippen LogP contribution in [0.4, 0.5) is 10.7 Å². The molecule has 106 valence electrons. The number of nitrogens with one attached hydrogen (secondary N) is 1. The SMILES string of the molecule is O=C(O)C1CSC(C2CC2)N1C(=O)Nc1nccnn1. The van der Waals surface area contributed by atoms with Crippen molar-refractivity contribution >= 4 is 29.7 Å². The van der Waals surface area contributed by atoms with Crippen LogP contribution in [0.25, 0.3) is 0 Å². The highest BCUT2D eigenvalue weighted by molar-refractivity contribution is 8.00. The topological polar surface area (TPSA) is 108 Å². The molecule has 3 rings (SSSR count). The van der Waals surface area contributed by atoms with E-state index in [1.54, 1.807) is 0 Å². The number of nitrogens with zero attached hydrogens (tertiary/aromatic N) is 4. The lowest BCUT2D eigenvalue weighted by atomic mass is 10.2. The molecule has 1 saturated heterocycles. The average molecular weight is 295 g/mol. The summed E-state index contributed by atoms with van der Waals surface area (Å²) in [5.41, 5.74) is 0. The van der Waals surface area contributed by atoms with Crippen LogP contribution in [-0.4, -0.2) is 54.4 Å².